The summed E-state index contributed by atoms with van der Waals surface area (Å²) in [5.41, 5.74) is 0.325. The Labute approximate surface area is 135 Å². The van der Waals surface area contributed by atoms with E-state index in [1.54, 1.807) is 39.2 Å². The van der Waals surface area contributed by atoms with E-state index in [0.717, 1.165) is 0 Å². The highest BCUT2D eigenvalue weighted by Gasteiger charge is 2.21. The first-order valence-corrected chi connectivity index (χ1v) is 7.10. The molecule has 0 saturated carbocycles. The average Bonchev–Trinajstić information content (AvgIpc) is 2.55. The van der Waals surface area contributed by atoms with E-state index in [1.165, 1.54) is 13.3 Å². The number of hydrogen-bond acceptors (Lipinski definition) is 7. The predicted octanol–water partition coefficient (Wildman–Crippen LogP) is 2.13. The maximum atomic E-state index is 11.9. The number of esters is 2. The molecular formula is C16H21NO6. The number of ether oxygens (including phenoxy) is 4. The molecule has 1 N–H and O–H groups in total. The largest absolute Gasteiger partial charge is 0.497 e. The van der Waals surface area contributed by atoms with Crippen LogP contribution in [0.4, 0.5) is 5.69 Å². The smallest absolute Gasteiger partial charge is 0.347 e. The van der Waals surface area contributed by atoms with Crippen LogP contribution in [0, 0.1) is 0 Å². The molecule has 1 aromatic carbocycles. The van der Waals surface area contributed by atoms with E-state index in [1.807, 2.05) is 0 Å². The molecule has 0 bridgehead atoms. The van der Waals surface area contributed by atoms with Gasteiger partial charge in [-0.2, -0.15) is 0 Å². The zero-order valence-electron chi connectivity index (χ0n) is 13.7. The minimum Gasteiger partial charge on any atom is -0.497 e. The Balaban J connectivity index is 3.04. The van der Waals surface area contributed by atoms with Gasteiger partial charge in [0.25, 0.3) is 0 Å². The Morgan fingerprint density at radius 1 is 1.04 bits per heavy atom. The standard InChI is InChI=1S/C16H21NO6/c1-5-22-15(18)12(16(19)23-6-2)10-17-13-8-7-11(20-3)9-14(13)21-4/h7-10,17H,5-6H2,1-4H3. The molecule has 7 nitrogen and oxygen atoms in total. The Morgan fingerprint density at radius 3 is 2.13 bits per heavy atom. The first-order chi connectivity index (χ1) is 11.1. The van der Waals surface area contributed by atoms with Gasteiger partial charge in [0.2, 0.25) is 0 Å². The van der Waals surface area contributed by atoms with Crippen LogP contribution in [-0.4, -0.2) is 39.4 Å². The molecule has 0 amide bonds. The summed E-state index contributed by atoms with van der Waals surface area (Å²) in [7, 11) is 3.04. The van der Waals surface area contributed by atoms with Crippen LogP contribution in [0.25, 0.3) is 0 Å². The summed E-state index contributed by atoms with van der Waals surface area (Å²) in [4.78, 5) is 23.7. The number of benzene rings is 1. The van der Waals surface area contributed by atoms with E-state index in [4.69, 9.17) is 18.9 Å². The molecular weight excluding hydrogens is 302 g/mol. The molecule has 23 heavy (non-hydrogen) atoms. The van der Waals surface area contributed by atoms with Gasteiger partial charge >= 0.3 is 11.9 Å². The topological polar surface area (TPSA) is 83.1 Å². The van der Waals surface area contributed by atoms with Gasteiger partial charge in [0, 0.05) is 12.3 Å². The Hall–Kier alpha value is -2.70. The van der Waals surface area contributed by atoms with Crippen molar-refractivity contribution in [2.75, 3.05) is 32.8 Å². The summed E-state index contributed by atoms with van der Waals surface area (Å²) in [5, 5.41) is 2.85. The van der Waals surface area contributed by atoms with Crippen molar-refractivity contribution in [2.45, 2.75) is 13.8 Å². The molecule has 1 rings (SSSR count). The molecule has 0 atom stereocenters. The SMILES string of the molecule is CCOC(=O)C(=CNc1ccc(OC)cc1OC)C(=O)OCC. The van der Waals surface area contributed by atoms with E-state index in [-0.39, 0.29) is 18.8 Å². The van der Waals surface area contributed by atoms with Crippen LogP contribution in [0.1, 0.15) is 13.8 Å². The van der Waals surface area contributed by atoms with Crippen molar-refractivity contribution in [3.8, 4) is 11.5 Å². The molecule has 1 aromatic rings. The molecule has 0 aliphatic rings. The van der Waals surface area contributed by atoms with Crippen molar-refractivity contribution in [2.24, 2.45) is 0 Å². The minimum absolute atomic E-state index is 0.154. The second kappa shape index (κ2) is 9.34. The lowest BCUT2D eigenvalue weighted by Gasteiger charge is -2.11. The van der Waals surface area contributed by atoms with Crippen LogP contribution >= 0.6 is 0 Å². The minimum atomic E-state index is -0.758. The Kier molecular flexibility index (Phi) is 7.45. The molecule has 0 saturated heterocycles. The summed E-state index contributed by atoms with van der Waals surface area (Å²) in [6, 6.07) is 5.08. The summed E-state index contributed by atoms with van der Waals surface area (Å²) in [5.74, 6) is -0.406. The molecule has 0 aliphatic carbocycles. The highest BCUT2D eigenvalue weighted by Crippen LogP contribution is 2.29. The van der Waals surface area contributed by atoms with E-state index >= 15 is 0 Å². The maximum absolute atomic E-state index is 11.9. The van der Waals surface area contributed by atoms with Crippen molar-refractivity contribution in [1.82, 2.24) is 0 Å². The van der Waals surface area contributed by atoms with Gasteiger partial charge in [-0.3, -0.25) is 0 Å². The van der Waals surface area contributed by atoms with Crippen molar-refractivity contribution in [3.63, 3.8) is 0 Å². The molecule has 0 aromatic heterocycles. The van der Waals surface area contributed by atoms with Gasteiger partial charge < -0.3 is 24.3 Å². The zero-order chi connectivity index (χ0) is 17.2. The van der Waals surface area contributed by atoms with Gasteiger partial charge in [0.05, 0.1) is 33.1 Å². The summed E-state index contributed by atoms with van der Waals surface area (Å²) >= 11 is 0. The number of carbonyl (C=O) groups is 2. The number of methoxy groups -OCH3 is 2. The van der Waals surface area contributed by atoms with E-state index in [9.17, 15) is 9.59 Å². The van der Waals surface area contributed by atoms with Crippen molar-refractivity contribution < 1.29 is 28.5 Å². The number of hydrogen-bond donors (Lipinski definition) is 1. The van der Waals surface area contributed by atoms with Crippen LogP contribution in [0.15, 0.2) is 30.0 Å². The van der Waals surface area contributed by atoms with Crippen LogP contribution in [0.2, 0.25) is 0 Å². The molecule has 0 fully saturated rings. The molecule has 0 spiro atoms. The molecule has 0 heterocycles. The zero-order valence-corrected chi connectivity index (χ0v) is 13.7. The number of anilines is 1. The highest BCUT2D eigenvalue weighted by atomic mass is 16.6. The first-order valence-electron chi connectivity index (χ1n) is 7.10. The average molecular weight is 323 g/mol. The van der Waals surface area contributed by atoms with Crippen LogP contribution in [-0.2, 0) is 19.1 Å². The second-order valence-corrected chi connectivity index (χ2v) is 4.21. The predicted molar refractivity (Wildman–Crippen MR) is 84.5 cm³/mol. The lowest BCUT2D eigenvalue weighted by atomic mass is 10.2. The molecule has 126 valence electrons. The van der Waals surface area contributed by atoms with Crippen molar-refractivity contribution in [1.29, 1.82) is 0 Å². The third-order valence-corrected chi connectivity index (χ3v) is 2.77. The fourth-order valence-corrected chi connectivity index (χ4v) is 1.69. The van der Waals surface area contributed by atoms with Gasteiger partial charge in [-0.05, 0) is 26.0 Å². The molecule has 0 unspecified atom stereocenters. The van der Waals surface area contributed by atoms with Gasteiger partial charge in [0.1, 0.15) is 11.5 Å². The third kappa shape index (κ3) is 5.21. The fourth-order valence-electron chi connectivity index (χ4n) is 1.69. The fraction of sp³-hybridized carbons (Fsp3) is 0.375. The molecule has 0 aliphatic heterocycles. The van der Waals surface area contributed by atoms with Gasteiger partial charge in [-0.25, -0.2) is 9.59 Å². The van der Waals surface area contributed by atoms with E-state index < -0.39 is 11.9 Å². The first kappa shape index (κ1) is 18.3. The third-order valence-electron chi connectivity index (χ3n) is 2.77. The Bertz CT molecular complexity index is 562. The lowest BCUT2D eigenvalue weighted by Crippen LogP contribution is -2.19. The number of carbonyl (C=O) groups excluding carboxylic acids is 2. The van der Waals surface area contributed by atoms with E-state index in [0.29, 0.717) is 17.2 Å². The lowest BCUT2D eigenvalue weighted by molar-refractivity contribution is -0.146. The number of nitrogens with one attached hydrogen (secondary N) is 1. The van der Waals surface area contributed by atoms with Crippen molar-refractivity contribution >= 4 is 17.6 Å². The summed E-state index contributed by atoms with van der Waals surface area (Å²) < 4.78 is 20.0. The molecule has 7 heteroatoms. The van der Waals surface area contributed by atoms with Crippen LogP contribution in [0.3, 0.4) is 0 Å². The van der Waals surface area contributed by atoms with Crippen LogP contribution in [0.5, 0.6) is 11.5 Å². The van der Waals surface area contributed by atoms with Gasteiger partial charge in [-0.1, -0.05) is 0 Å². The molecule has 0 radical (unpaired) electrons. The second-order valence-electron chi connectivity index (χ2n) is 4.21. The van der Waals surface area contributed by atoms with Crippen molar-refractivity contribution in [3.05, 3.63) is 30.0 Å². The van der Waals surface area contributed by atoms with E-state index in [2.05, 4.69) is 5.32 Å². The summed E-state index contributed by atoms with van der Waals surface area (Å²) in [6.45, 7) is 3.62. The summed E-state index contributed by atoms with van der Waals surface area (Å²) in [6.07, 6.45) is 1.24. The number of rotatable bonds is 8. The van der Waals surface area contributed by atoms with Crippen LogP contribution < -0.4 is 14.8 Å². The maximum Gasteiger partial charge on any atom is 0.347 e. The van der Waals surface area contributed by atoms with Gasteiger partial charge in [0.15, 0.2) is 5.57 Å². The highest BCUT2D eigenvalue weighted by molar-refractivity contribution is 6.14. The monoisotopic (exact) mass is 323 g/mol. The Morgan fingerprint density at radius 2 is 1.65 bits per heavy atom. The quantitative estimate of drug-likeness (QED) is 0.339. The normalized spacial score (nSPS) is 9.57. The van der Waals surface area contributed by atoms with Gasteiger partial charge in [-0.15, -0.1) is 0 Å².